The first-order chi connectivity index (χ1) is 9.81. The van der Waals surface area contributed by atoms with Gasteiger partial charge in [-0.2, -0.15) is 0 Å². The summed E-state index contributed by atoms with van der Waals surface area (Å²) >= 11 is 0. The third-order valence-corrected chi connectivity index (χ3v) is 4.57. The molecule has 0 saturated heterocycles. The molecule has 122 valence electrons. The van der Waals surface area contributed by atoms with Gasteiger partial charge in [-0.05, 0) is 37.0 Å². The maximum atomic E-state index is 12.0. The first-order valence-corrected chi connectivity index (χ1v) is 8.08. The molecule has 0 aromatic heterocycles. The topological polar surface area (TPSA) is 78.4 Å². The number of nitrogens with one attached hydrogen (secondary N) is 2. The Morgan fingerprint density at radius 2 is 1.76 bits per heavy atom. The first kappa shape index (κ1) is 17.8. The lowest BCUT2D eigenvalue weighted by Gasteiger charge is -2.29. The van der Waals surface area contributed by atoms with Crippen molar-refractivity contribution in [2.75, 3.05) is 6.54 Å². The highest BCUT2D eigenvalue weighted by molar-refractivity contribution is 5.74. The van der Waals surface area contributed by atoms with Crippen LogP contribution >= 0.6 is 0 Å². The van der Waals surface area contributed by atoms with Crippen molar-refractivity contribution in [1.29, 1.82) is 0 Å². The van der Waals surface area contributed by atoms with E-state index in [0.29, 0.717) is 30.7 Å². The minimum absolute atomic E-state index is 0.0172. The number of amides is 2. The van der Waals surface area contributed by atoms with Crippen molar-refractivity contribution in [3.05, 3.63) is 0 Å². The van der Waals surface area contributed by atoms with Gasteiger partial charge >= 0.3 is 12.0 Å². The van der Waals surface area contributed by atoms with Gasteiger partial charge in [0.2, 0.25) is 0 Å². The van der Waals surface area contributed by atoms with Crippen molar-refractivity contribution >= 4 is 12.0 Å². The van der Waals surface area contributed by atoms with Crippen molar-refractivity contribution in [1.82, 2.24) is 10.6 Å². The van der Waals surface area contributed by atoms with E-state index in [-0.39, 0.29) is 18.0 Å². The molecule has 1 aliphatic rings. The molecule has 2 unspecified atom stereocenters. The molecule has 0 radical (unpaired) electrons. The monoisotopic (exact) mass is 298 g/mol. The van der Waals surface area contributed by atoms with Gasteiger partial charge in [0.1, 0.15) is 0 Å². The van der Waals surface area contributed by atoms with Crippen LogP contribution in [0.25, 0.3) is 0 Å². The van der Waals surface area contributed by atoms with Crippen LogP contribution < -0.4 is 10.6 Å². The van der Waals surface area contributed by atoms with Gasteiger partial charge in [-0.15, -0.1) is 0 Å². The predicted molar refractivity (Wildman–Crippen MR) is 83.1 cm³/mol. The number of carbonyl (C=O) groups is 2. The molecule has 2 atom stereocenters. The molecule has 1 saturated carbocycles. The van der Waals surface area contributed by atoms with E-state index in [4.69, 9.17) is 5.11 Å². The number of urea groups is 1. The van der Waals surface area contributed by atoms with Gasteiger partial charge in [-0.1, -0.05) is 34.1 Å². The molecule has 0 aromatic carbocycles. The summed E-state index contributed by atoms with van der Waals surface area (Å²) in [7, 11) is 0. The summed E-state index contributed by atoms with van der Waals surface area (Å²) in [5.41, 5.74) is 0. The maximum Gasteiger partial charge on any atom is 0.315 e. The summed E-state index contributed by atoms with van der Waals surface area (Å²) in [6.45, 7) is 9.34. The molecule has 3 N–H and O–H groups in total. The van der Waals surface area contributed by atoms with Crippen LogP contribution in [0.5, 0.6) is 0 Å². The van der Waals surface area contributed by atoms with Gasteiger partial charge in [0.25, 0.3) is 0 Å². The van der Waals surface area contributed by atoms with E-state index >= 15 is 0 Å². The zero-order chi connectivity index (χ0) is 16.0. The number of carboxylic acids is 1. The summed E-state index contributed by atoms with van der Waals surface area (Å²) in [5.74, 6) is 0.436. The number of hydrogen-bond acceptors (Lipinski definition) is 2. The molecule has 0 bridgehead atoms. The zero-order valence-electron chi connectivity index (χ0n) is 13.7. The van der Waals surface area contributed by atoms with E-state index in [1.807, 2.05) is 0 Å². The fourth-order valence-electron chi connectivity index (χ4n) is 3.23. The van der Waals surface area contributed by atoms with Crippen LogP contribution in [-0.2, 0) is 4.79 Å². The molecule has 0 aliphatic heterocycles. The molecule has 0 spiro atoms. The zero-order valence-corrected chi connectivity index (χ0v) is 13.7. The molecule has 0 heterocycles. The summed E-state index contributed by atoms with van der Waals surface area (Å²) < 4.78 is 0. The lowest BCUT2D eigenvalue weighted by molar-refractivity contribution is -0.143. The smallest absolute Gasteiger partial charge is 0.315 e. The minimum atomic E-state index is -0.749. The van der Waals surface area contributed by atoms with Crippen LogP contribution in [0, 0.1) is 23.7 Å². The highest BCUT2D eigenvalue weighted by atomic mass is 16.4. The summed E-state index contributed by atoms with van der Waals surface area (Å²) in [5, 5.41) is 14.9. The Labute approximate surface area is 127 Å². The van der Waals surface area contributed by atoms with E-state index in [1.165, 1.54) is 0 Å². The van der Waals surface area contributed by atoms with Crippen LogP contribution in [0.3, 0.4) is 0 Å². The van der Waals surface area contributed by atoms with Crippen LogP contribution in [0.4, 0.5) is 4.79 Å². The molecule has 21 heavy (non-hydrogen) atoms. The quantitative estimate of drug-likeness (QED) is 0.705. The summed E-state index contributed by atoms with van der Waals surface area (Å²) in [4.78, 5) is 23.0. The SMILES string of the molecule is CC(C)C(CNC(=O)NC1CCCC(C(=O)O)C1)C(C)C. The number of carboxylic acid groups (broad SMARTS) is 1. The van der Waals surface area contributed by atoms with Crippen molar-refractivity contribution in [3.8, 4) is 0 Å². The van der Waals surface area contributed by atoms with Crippen molar-refractivity contribution in [3.63, 3.8) is 0 Å². The van der Waals surface area contributed by atoms with Gasteiger partial charge in [-0.3, -0.25) is 4.79 Å². The molecule has 0 aromatic rings. The van der Waals surface area contributed by atoms with E-state index in [9.17, 15) is 9.59 Å². The summed E-state index contributed by atoms with van der Waals surface area (Å²) in [6.07, 6.45) is 3.00. The lowest BCUT2D eigenvalue weighted by atomic mass is 9.85. The second-order valence-corrected chi connectivity index (χ2v) is 6.90. The van der Waals surface area contributed by atoms with Crippen LogP contribution in [-0.4, -0.2) is 29.7 Å². The Morgan fingerprint density at radius 3 is 2.29 bits per heavy atom. The number of rotatable bonds is 6. The molecule has 5 nitrogen and oxygen atoms in total. The third kappa shape index (κ3) is 5.94. The van der Waals surface area contributed by atoms with Gasteiger partial charge in [0.15, 0.2) is 0 Å². The lowest BCUT2D eigenvalue weighted by Crippen LogP contribution is -2.46. The molecular weight excluding hydrogens is 268 g/mol. The fourth-order valence-corrected chi connectivity index (χ4v) is 3.23. The van der Waals surface area contributed by atoms with Gasteiger partial charge in [0, 0.05) is 12.6 Å². The molecule has 1 fully saturated rings. The predicted octanol–water partition coefficient (Wildman–Crippen LogP) is 2.86. The standard InChI is InChI=1S/C16H30N2O3/c1-10(2)14(11(3)4)9-17-16(21)18-13-7-5-6-12(8-13)15(19)20/h10-14H,5-9H2,1-4H3,(H,19,20)(H2,17,18,21). The number of hydrogen-bond donors (Lipinski definition) is 3. The van der Waals surface area contributed by atoms with Gasteiger partial charge in [0.05, 0.1) is 5.92 Å². The Morgan fingerprint density at radius 1 is 1.14 bits per heavy atom. The van der Waals surface area contributed by atoms with Crippen molar-refractivity contribution in [2.45, 2.75) is 59.4 Å². The Kier molecular flexibility index (Phi) is 6.99. The van der Waals surface area contributed by atoms with E-state index in [2.05, 4.69) is 38.3 Å². The average molecular weight is 298 g/mol. The van der Waals surface area contributed by atoms with E-state index in [0.717, 1.165) is 19.3 Å². The van der Waals surface area contributed by atoms with Gasteiger partial charge < -0.3 is 15.7 Å². The van der Waals surface area contributed by atoms with Crippen molar-refractivity contribution < 1.29 is 14.7 Å². The molecular formula is C16H30N2O3. The van der Waals surface area contributed by atoms with Gasteiger partial charge in [-0.25, -0.2) is 4.79 Å². The fraction of sp³-hybridized carbons (Fsp3) is 0.875. The highest BCUT2D eigenvalue weighted by Gasteiger charge is 2.28. The largest absolute Gasteiger partial charge is 0.481 e. The molecule has 5 heteroatoms. The number of aliphatic carboxylic acids is 1. The van der Waals surface area contributed by atoms with E-state index in [1.54, 1.807) is 0 Å². The molecule has 1 aliphatic carbocycles. The average Bonchev–Trinajstić information content (AvgIpc) is 2.38. The Balaban J connectivity index is 2.38. The van der Waals surface area contributed by atoms with Crippen LogP contribution in [0.15, 0.2) is 0 Å². The van der Waals surface area contributed by atoms with E-state index < -0.39 is 5.97 Å². The van der Waals surface area contributed by atoms with Crippen LogP contribution in [0.1, 0.15) is 53.4 Å². The number of carbonyl (C=O) groups excluding carboxylic acids is 1. The second kappa shape index (κ2) is 8.25. The highest BCUT2D eigenvalue weighted by Crippen LogP contribution is 2.24. The maximum absolute atomic E-state index is 12.0. The third-order valence-electron chi connectivity index (χ3n) is 4.57. The normalized spacial score (nSPS) is 22.6. The Bertz CT molecular complexity index is 347. The molecule has 2 amide bonds. The van der Waals surface area contributed by atoms with Crippen molar-refractivity contribution in [2.24, 2.45) is 23.7 Å². The first-order valence-electron chi connectivity index (χ1n) is 8.08. The summed E-state index contributed by atoms with van der Waals surface area (Å²) in [6, 6.07) is -0.186. The Hall–Kier alpha value is -1.26. The van der Waals surface area contributed by atoms with Crippen LogP contribution in [0.2, 0.25) is 0 Å². The minimum Gasteiger partial charge on any atom is -0.481 e. The molecule has 1 rings (SSSR count). The second-order valence-electron chi connectivity index (χ2n) is 6.90.